The molecule has 3 N–H and O–H groups in total. The van der Waals surface area contributed by atoms with Crippen molar-refractivity contribution in [1.29, 1.82) is 0 Å². The molecule has 0 bridgehead atoms. The Labute approximate surface area is 210 Å². The fourth-order valence-electron chi connectivity index (χ4n) is 3.90. The van der Waals surface area contributed by atoms with Crippen LogP contribution in [0.2, 0.25) is 10.0 Å². The summed E-state index contributed by atoms with van der Waals surface area (Å²) >= 11 is 12.2. The number of hydrogen-bond acceptors (Lipinski definition) is 3. The summed E-state index contributed by atoms with van der Waals surface area (Å²) in [7, 11) is 0. The number of halogens is 2. The van der Waals surface area contributed by atoms with Crippen LogP contribution in [0.3, 0.4) is 0 Å². The van der Waals surface area contributed by atoms with Crippen molar-refractivity contribution in [3.63, 3.8) is 0 Å². The molecule has 3 rings (SSSR count). The zero-order chi connectivity index (χ0) is 24.7. The minimum atomic E-state index is -0.726. The maximum atomic E-state index is 13.1. The summed E-state index contributed by atoms with van der Waals surface area (Å²) in [5.74, 6) is -0.738. The summed E-state index contributed by atoms with van der Waals surface area (Å²) in [6.07, 6.45) is 1.92. The molecule has 34 heavy (non-hydrogen) atoms. The smallest absolute Gasteiger partial charge is 0.321 e. The molecule has 7 nitrogen and oxygen atoms in total. The number of urea groups is 1. The summed E-state index contributed by atoms with van der Waals surface area (Å²) in [4.78, 5) is 40.4. The molecule has 0 unspecified atom stereocenters. The van der Waals surface area contributed by atoms with Crippen LogP contribution in [0, 0.1) is 5.92 Å². The quantitative estimate of drug-likeness (QED) is 0.498. The van der Waals surface area contributed by atoms with E-state index in [2.05, 4.69) is 16.0 Å². The largest absolute Gasteiger partial charge is 0.352 e. The van der Waals surface area contributed by atoms with E-state index < -0.39 is 11.9 Å². The Hall–Kier alpha value is -2.77. The van der Waals surface area contributed by atoms with Gasteiger partial charge in [0.05, 0.1) is 10.6 Å². The second-order valence-electron chi connectivity index (χ2n) is 8.51. The Kier molecular flexibility index (Phi) is 9.19. The number of anilines is 1. The van der Waals surface area contributed by atoms with Crippen molar-refractivity contribution in [2.24, 2.45) is 5.92 Å². The first-order valence-corrected chi connectivity index (χ1v) is 12.2. The molecular formula is C25H30Cl2N4O3. The topological polar surface area (TPSA) is 90.5 Å². The standard InChI is InChI=1S/C25H30Cl2N4O3/c1-3-16(2)28-24(33)22(30-23(32)20-9-4-5-10-21(20)27)17-11-13-31(14-12-17)25(34)29-19-8-6-7-18(26)15-19/h4-10,15-17,22H,3,11-14H2,1-2H3,(H,28,33)(H,29,34)(H,30,32)/t16-,22-/m1/s1. The van der Waals surface area contributed by atoms with Gasteiger partial charge in [-0.2, -0.15) is 0 Å². The maximum Gasteiger partial charge on any atom is 0.321 e. The molecule has 9 heteroatoms. The van der Waals surface area contributed by atoms with Gasteiger partial charge in [-0.1, -0.05) is 48.3 Å². The highest BCUT2D eigenvalue weighted by Crippen LogP contribution is 2.24. The number of nitrogens with zero attached hydrogens (tertiary/aromatic N) is 1. The van der Waals surface area contributed by atoms with Crippen molar-refractivity contribution >= 4 is 46.7 Å². The lowest BCUT2D eigenvalue weighted by molar-refractivity contribution is -0.125. The van der Waals surface area contributed by atoms with E-state index in [1.54, 1.807) is 53.4 Å². The average Bonchev–Trinajstić information content (AvgIpc) is 2.82. The number of rotatable bonds is 7. The highest BCUT2D eigenvalue weighted by molar-refractivity contribution is 6.33. The van der Waals surface area contributed by atoms with Crippen molar-refractivity contribution in [3.8, 4) is 0 Å². The van der Waals surface area contributed by atoms with E-state index in [0.29, 0.717) is 47.2 Å². The van der Waals surface area contributed by atoms with Gasteiger partial charge in [0.2, 0.25) is 5.91 Å². The molecule has 2 aromatic rings. The predicted octanol–water partition coefficient (Wildman–Crippen LogP) is 4.95. The molecule has 4 amide bonds. The van der Waals surface area contributed by atoms with Crippen LogP contribution < -0.4 is 16.0 Å². The van der Waals surface area contributed by atoms with Gasteiger partial charge >= 0.3 is 6.03 Å². The van der Waals surface area contributed by atoms with Crippen LogP contribution >= 0.6 is 23.2 Å². The second kappa shape index (κ2) is 12.1. The van der Waals surface area contributed by atoms with Gasteiger partial charge in [0.15, 0.2) is 0 Å². The number of benzene rings is 2. The number of hydrogen-bond donors (Lipinski definition) is 3. The monoisotopic (exact) mass is 504 g/mol. The lowest BCUT2D eigenvalue weighted by atomic mass is 9.88. The lowest BCUT2D eigenvalue weighted by Gasteiger charge is -2.36. The Morgan fingerprint density at radius 1 is 1.03 bits per heavy atom. The SMILES string of the molecule is CC[C@@H](C)NC(=O)[C@H](NC(=O)c1ccccc1Cl)C1CCN(C(=O)Nc2cccc(Cl)c2)CC1. The first-order valence-electron chi connectivity index (χ1n) is 11.5. The molecule has 0 radical (unpaired) electrons. The summed E-state index contributed by atoms with van der Waals surface area (Å²) in [5.41, 5.74) is 0.946. The molecule has 182 valence electrons. The molecule has 1 heterocycles. The highest BCUT2D eigenvalue weighted by Gasteiger charge is 2.34. The molecular weight excluding hydrogens is 475 g/mol. The van der Waals surface area contributed by atoms with E-state index >= 15 is 0 Å². The van der Waals surface area contributed by atoms with Crippen LogP contribution in [0.4, 0.5) is 10.5 Å². The summed E-state index contributed by atoms with van der Waals surface area (Å²) < 4.78 is 0. The third kappa shape index (κ3) is 6.87. The number of carbonyl (C=O) groups excluding carboxylic acids is 3. The first kappa shape index (κ1) is 25.8. The predicted molar refractivity (Wildman–Crippen MR) is 135 cm³/mol. The molecule has 1 saturated heterocycles. The summed E-state index contributed by atoms with van der Waals surface area (Å²) in [6, 6.07) is 12.8. The number of nitrogens with one attached hydrogen (secondary N) is 3. The zero-order valence-corrected chi connectivity index (χ0v) is 20.8. The number of carbonyl (C=O) groups is 3. The van der Waals surface area contributed by atoms with Crippen LogP contribution in [0.1, 0.15) is 43.5 Å². The average molecular weight is 505 g/mol. The van der Waals surface area contributed by atoms with Crippen LogP contribution in [-0.4, -0.2) is 47.9 Å². The third-order valence-corrected chi connectivity index (χ3v) is 6.63. The van der Waals surface area contributed by atoms with Gasteiger partial charge in [-0.3, -0.25) is 9.59 Å². The Balaban J connectivity index is 1.66. The van der Waals surface area contributed by atoms with Crippen molar-refractivity contribution in [3.05, 3.63) is 64.1 Å². The molecule has 2 atom stereocenters. The maximum absolute atomic E-state index is 13.1. The molecule has 1 aliphatic rings. The Morgan fingerprint density at radius 2 is 1.74 bits per heavy atom. The van der Waals surface area contributed by atoms with E-state index in [4.69, 9.17) is 23.2 Å². The van der Waals surface area contributed by atoms with Crippen molar-refractivity contribution in [1.82, 2.24) is 15.5 Å². The number of amides is 4. The fourth-order valence-corrected chi connectivity index (χ4v) is 4.31. The zero-order valence-electron chi connectivity index (χ0n) is 19.3. The molecule has 0 saturated carbocycles. The molecule has 1 fully saturated rings. The minimum absolute atomic E-state index is 0.0178. The summed E-state index contributed by atoms with van der Waals surface area (Å²) in [5, 5.41) is 9.59. The third-order valence-electron chi connectivity index (χ3n) is 6.06. The van der Waals surface area contributed by atoms with Gasteiger partial charge in [0.25, 0.3) is 5.91 Å². The van der Waals surface area contributed by atoms with E-state index in [-0.39, 0.29) is 23.9 Å². The van der Waals surface area contributed by atoms with Crippen LogP contribution in [-0.2, 0) is 4.79 Å². The second-order valence-corrected chi connectivity index (χ2v) is 9.36. The van der Waals surface area contributed by atoms with E-state index in [1.165, 1.54) is 0 Å². The lowest BCUT2D eigenvalue weighted by Crippen LogP contribution is -2.55. The van der Waals surface area contributed by atoms with Crippen LogP contribution in [0.25, 0.3) is 0 Å². The number of piperidine rings is 1. The van der Waals surface area contributed by atoms with Gasteiger partial charge < -0.3 is 20.9 Å². The van der Waals surface area contributed by atoms with E-state index in [1.807, 2.05) is 13.8 Å². The minimum Gasteiger partial charge on any atom is -0.352 e. The number of likely N-dealkylation sites (tertiary alicyclic amines) is 1. The van der Waals surface area contributed by atoms with Gasteiger partial charge in [-0.05, 0) is 62.4 Å². The highest BCUT2D eigenvalue weighted by atomic mass is 35.5. The van der Waals surface area contributed by atoms with E-state index in [9.17, 15) is 14.4 Å². The summed E-state index contributed by atoms with van der Waals surface area (Å²) in [6.45, 7) is 4.84. The van der Waals surface area contributed by atoms with Crippen LogP contribution in [0.5, 0.6) is 0 Å². The van der Waals surface area contributed by atoms with E-state index in [0.717, 1.165) is 6.42 Å². The van der Waals surface area contributed by atoms with Gasteiger partial charge in [-0.25, -0.2) is 4.79 Å². The van der Waals surface area contributed by atoms with Crippen molar-refractivity contribution in [2.45, 2.75) is 45.2 Å². The van der Waals surface area contributed by atoms with Crippen molar-refractivity contribution < 1.29 is 14.4 Å². The Bertz CT molecular complexity index is 1020. The molecule has 0 aromatic heterocycles. The Morgan fingerprint density at radius 3 is 2.38 bits per heavy atom. The van der Waals surface area contributed by atoms with Gasteiger partial charge in [-0.15, -0.1) is 0 Å². The first-order chi connectivity index (χ1) is 16.3. The fraction of sp³-hybridized carbons (Fsp3) is 0.400. The van der Waals surface area contributed by atoms with Gasteiger partial charge in [0.1, 0.15) is 6.04 Å². The molecule has 2 aromatic carbocycles. The normalized spacial score (nSPS) is 15.8. The van der Waals surface area contributed by atoms with Crippen LogP contribution in [0.15, 0.2) is 48.5 Å². The molecule has 1 aliphatic heterocycles. The molecule has 0 aliphatic carbocycles. The van der Waals surface area contributed by atoms with Gasteiger partial charge in [0, 0.05) is 29.8 Å². The molecule has 0 spiro atoms. The van der Waals surface area contributed by atoms with Crippen molar-refractivity contribution in [2.75, 3.05) is 18.4 Å².